The van der Waals surface area contributed by atoms with Gasteiger partial charge in [0.05, 0.1) is 0 Å². The molecule has 1 aromatic heterocycles. The number of hydrogen-bond acceptors (Lipinski definition) is 2. The summed E-state index contributed by atoms with van der Waals surface area (Å²) in [7, 11) is 0. The van der Waals surface area contributed by atoms with Crippen LogP contribution >= 0.6 is 27.5 Å². The third kappa shape index (κ3) is 3.09. The van der Waals surface area contributed by atoms with E-state index < -0.39 is 6.10 Å². The average molecular weight is 320 g/mol. The van der Waals surface area contributed by atoms with Gasteiger partial charge in [-0.1, -0.05) is 11.6 Å². The highest BCUT2D eigenvalue weighted by Gasteiger charge is 2.15. The monoisotopic (exact) mass is 318 g/mol. The number of furan rings is 1. The fourth-order valence-electron chi connectivity index (χ4n) is 1.52. The lowest BCUT2D eigenvalue weighted by Gasteiger charge is -2.09. The van der Waals surface area contributed by atoms with E-state index in [2.05, 4.69) is 15.9 Å². The van der Waals surface area contributed by atoms with Crippen LogP contribution in [-0.4, -0.2) is 5.11 Å². The molecule has 0 radical (unpaired) electrons. The minimum atomic E-state index is -0.894. The van der Waals surface area contributed by atoms with Crippen molar-refractivity contribution < 1.29 is 13.9 Å². The Morgan fingerprint density at radius 2 is 2.12 bits per heavy atom. The standard InChI is InChI=1S/C12H9BrClFO2/c13-12-4-3-11(17-12)10(16)6-7-5-8(14)1-2-9(7)15/h1-5,10,16H,6H2. The van der Waals surface area contributed by atoms with Crippen LogP contribution in [0.4, 0.5) is 4.39 Å². The molecule has 0 aliphatic rings. The van der Waals surface area contributed by atoms with Crippen LogP contribution in [0.1, 0.15) is 17.4 Å². The smallest absolute Gasteiger partial charge is 0.169 e. The van der Waals surface area contributed by atoms with Crippen molar-refractivity contribution in [3.05, 3.63) is 57.2 Å². The Morgan fingerprint density at radius 1 is 1.35 bits per heavy atom. The van der Waals surface area contributed by atoms with Gasteiger partial charge in [0.1, 0.15) is 17.7 Å². The predicted molar refractivity (Wildman–Crippen MR) is 66.5 cm³/mol. The predicted octanol–water partition coefficient (Wildman–Crippen LogP) is 4.11. The van der Waals surface area contributed by atoms with E-state index in [9.17, 15) is 9.50 Å². The van der Waals surface area contributed by atoms with Crippen molar-refractivity contribution in [2.45, 2.75) is 12.5 Å². The van der Waals surface area contributed by atoms with Crippen LogP contribution in [-0.2, 0) is 6.42 Å². The van der Waals surface area contributed by atoms with Gasteiger partial charge in [0.2, 0.25) is 0 Å². The van der Waals surface area contributed by atoms with Gasteiger partial charge in [-0.15, -0.1) is 0 Å². The SMILES string of the molecule is OC(Cc1cc(Cl)ccc1F)c1ccc(Br)o1. The van der Waals surface area contributed by atoms with Crippen LogP contribution in [0.5, 0.6) is 0 Å². The second-order valence-electron chi connectivity index (χ2n) is 3.60. The summed E-state index contributed by atoms with van der Waals surface area (Å²) in [5, 5.41) is 10.3. The van der Waals surface area contributed by atoms with Crippen LogP contribution in [0.15, 0.2) is 39.4 Å². The second-order valence-corrected chi connectivity index (χ2v) is 4.82. The summed E-state index contributed by atoms with van der Waals surface area (Å²) in [4.78, 5) is 0. The van der Waals surface area contributed by atoms with Crippen molar-refractivity contribution >= 4 is 27.5 Å². The zero-order chi connectivity index (χ0) is 12.4. The van der Waals surface area contributed by atoms with Gasteiger partial charge in [-0.05, 0) is 51.8 Å². The van der Waals surface area contributed by atoms with Gasteiger partial charge in [0.15, 0.2) is 4.67 Å². The Bertz CT molecular complexity index is 527. The molecule has 0 aliphatic heterocycles. The molecule has 0 amide bonds. The van der Waals surface area contributed by atoms with E-state index in [0.717, 1.165) is 0 Å². The number of rotatable bonds is 3. The zero-order valence-corrected chi connectivity index (χ0v) is 11.0. The van der Waals surface area contributed by atoms with E-state index in [1.54, 1.807) is 12.1 Å². The van der Waals surface area contributed by atoms with Gasteiger partial charge in [-0.3, -0.25) is 0 Å². The molecule has 1 unspecified atom stereocenters. The largest absolute Gasteiger partial charge is 0.452 e. The molecular formula is C12H9BrClFO2. The highest BCUT2D eigenvalue weighted by atomic mass is 79.9. The summed E-state index contributed by atoms with van der Waals surface area (Å²) in [5.41, 5.74) is 0.359. The first-order valence-electron chi connectivity index (χ1n) is 4.93. The number of benzene rings is 1. The summed E-state index contributed by atoms with van der Waals surface area (Å²) < 4.78 is 19.2. The molecule has 17 heavy (non-hydrogen) atoms. The van der Waals surface area contributed by atoms with E-state index in [1.807, 2.05) is 0 Å². The fourth-order valence-corrected chi connectivity index (χ4v) is 2.03. The molecule has 2 nitrogen and oxygen atoms in total. The second kappa shape index (κ2) is 5.21. The van der Waals surface area contributed by atoms with Crippen LogP contribution in [0.3, 0.4) is 0 Å². The van der Waals surface area contributed by atoms with Crippen molar-refractivity contribution in [3.8, 4) is 0 Å². The molecule has 0 bridgehead atoms. The van der Waals surface area contributed by atoms with Gasteiger partial charge in [-0.2, -0.15) is 0 Å². The molecule has 0 saturated heterocycles. The summed E-state index contributed by atoms with van der Waals surface area (Å²) in [5.74, 6) is -0.00433. The van der Waals surface area contributed by atoms with Crippen molar-refractivity contribution in [2.24, 2.45) is 0 Å². The van der Waals surface area contributed by atoms with Crippen LogP contribution in [0.2, 0.25) is 5.02 Å². The number of aliphatic hydroxyl groups excluding tert-OH is 1. The Hall–Kier alpha value is -0.840. The lowest BCUT2D eigenvalue weighted by Crippen LogP contribution is -2.02. The van der Waals surface area contributed by atoms with E-state index in [4.69, 9.17) is 16.0 Å². The quantitative estimate of drug-likeness (QED) is 0.923. The molecule has 2 aromatic rings. The lowest BCUT2D eigenvalue weighted by molar-refractivity contribution is 0.147. The first-order chi connectivity index (χ1) is 8.06. The number of halogens is 3. The average Bonchev–Trinajstić information content (AvgIpc) is 2.70. The maximum absolute atomic E-state index is 13.4. The van der Waals surface area contributed by atoms with Gasteiger partial charge < -0.3 is 9.52 Å². The summed E-state index contributed by atoms with van der Waals surface area (Å²) >= 11 is 8.91. The number of aliphatic hydroxyl groups is 1. The molecule has 2 rings (SSSR count). The highest BCUT2D eigenvalue weighted by molar-refractivity contribution is 9.10. The van der Waals surface area contributed by atoms with Gasteiger partial charge in [0, 0.05) is 11.4 Å². The van der Waals surface area contributed by atoms with Crippen LogP contribution in [0.25, 0.3) is 0 Å². The van der Waals surface area contributed by atoms with Gasteiger partial charge >= 0.3 is 0 Å². The van der Waals surface area contributed by atoms with E-state index in [-0.39, 0.29) is 12.2 Å². The number of hydrogen-bond donors (Lipinski definition) is 1. The molecule has 0 aliphatic carbocycles. The highest BCUT2D eigenvalue weighted by Crippen LogP contribution is 2.25. The minimum Gasteiger partial charge on any atom is -0.452 e. The Kier molecular flexibility index (Phi) is 3.86. The van der Waals surface area contributed by atoms with Crippen molar-refractivity contribution in [2.75, 3.05) is 0 Å². The third-order valence-corrected chi connectivity index (χ3v) is 3.00. The maximum Gasteiger partial charge on any atom is 0.169 e. The summed E-state index contributed by atoms with van der Waals surface area (Å²) in [6, 6.07) is 7.56. The van der Waals surface area contributed by atoms with Crippen LogP contribution in [0, 0.1) is 5.82 Å². The van der Waals surface area contributed by atoms with Crippen molar-refractivity contribution in [1.29, 1.82) is 0 Å². The van der Waals surface area contributed by atoms with Gasteiger partial charge in [0.25, 0.3) is 0 Å². The van der Waals surface area contributed by atoms with E-state index in [1.165, 1.54) is 18.2 Å². The Labute approximate surface area is 111 Å². The maximum atomic E-state index is 13.4. The lowest BCUT2D eigenvalue weighted by atomic mass is 10.1. The molecular weight excluding hydrogens is 310 g/mol. The summed E-state index contributed by atoms with van der Waals surface area (Å²) in [6.07, 6.45) is -0.777. The van der Waals surface area contributed by atoms with Crippen molar-refractivity contribution in [1.82, 2.24) is 0 Å². The normalized spacial score (nSPS) is 12.7. The first kappa shape index (κ1) is 12.6. The molecule has 0 spiro atoms. The van der Waals surface area contributed by atoms with E-state index >= 15 is 0 Å². The molecule has 0 saturated carbocycles. The molecule has 90 valence electrons. The Balaban J connectivity index is 2.18. The van der Waals surface area contributed by atoms with Crippen LogP contribution < -0.4 is 0 Å². The molecule has 1 heterocycles. The Morgan fingerprint density at radius 3 is 2.76 bits per heavy atom. The summed E-state index contributed by atoms with van der Waals surface area (Å²) in [6.45, 7) is 0. The first-order valence-corrected chi connectivity index (χ1v) is 6.10. The minimum absolute atomic E-state index is 0.117. The van der Waals surface area contributed by atoms with E-state index in [0.29, 0.717) is 21.0 Å². The molecule has 0 fully saturated rings. The molecule has 1 atom stereocenters. The molecule has 5 heteroatoms. The molecule has 1 N–H and O–H groups in total. The molecule has 1 aromatic carbocycles. The topological polar surface area (TPSA) is 33.4 Å². The van der Waals surface area contributed by atoms with Crippen molar-refractivity contribution in [3.63, 3.8) is 0 Å². The zero-order valence-electron chi connectivity index (χ0n) is 8.66. The fraction of sp³-hybridized carbons (Fsp3) is 0.167. The third-order valence-electron chi connectivity index (χ3n) is 2.34. The van der Waals surface area contributed by atoms with Gasteiger partial charge in [-0.25, -0.2) is 4.39 Å².